The lowest BCUT2D eigenvalue weighted by atomic mass is 9.79. The molecule has 1 fully saturated rings. The second-order valence-corrected chi connectivity index (χ2v) is 9.43. The van der Waals surface area contributed by atoms with Crippen molar-refractivity contribution in [2.45, 2.75) is 19.3 Å². The topological polar surface area (TPSA) is 49.6 Å². The van der Waals surface area contributed by atoms with E-state index in [0.29, 0.717) is 25.4 Å². The molecule has 1 saturated heterocycles. The second kappa shape index (κ2) is 11.2. The number of terminal acetylenes is 1. The summed E-state index contributed by atoms with van der Waals surface area (Å²) < 4.78 is 5.63. The quantitative estimate of drug-likeness (QED) is 0.309. The molecule has 1 aliphatic heterocycles. The van der Waals surface area contributed by atoms with Gasteiger partial charge in [0.15, 0.2) is 11.7 Å². The average molecular weight is 490 g/mol. The molecular weight excluding hydrogens is 458 g/mol. The Morgan fingerprint density at radius 2 is 1.51 bits per heavy atom. The van der Waals surface area contributed by atoms with Gasteiger partial charge in [0.1, 0.15) is 0 Å². The summed E-state index contributed by atoms with van der Waals surface area (Å²) in [7, 11) is 0. The van der Waals surface area contributed by atoms with Crippen molar-refractivity contribution in [2.24, 2.45) is 5.92 Å². The van der Waals surface area contributed by atoms with Crippen molar-refractivity contribution in [1.29, 1.82) is 0 Å². The molecular formula is C32H31N3O2. The predicted molar refractivity (Wildman–Crippen MR) is 147 cm³/mol. The van der Waals surface area contributed by atoms with E-state index in [-0.39, 0.29) is 17.7 Å². The summed E-state index contributed by atoms with van der Waals surface area (Å²) in [6.07, 6.45) is 8.12. The third-order valence-electron chi connectivity index (χ3n) is 7.10. The van der Waals surface area contributed by atoms with Crippen LogP contribution in [0.5, 0.6) is 0 Å². The first-order valence-corrected chi connectivity index (χ1v) is 12.7. The average Bonchev–Trinajstić information content (AvgIpc) is 3.40. The summed E-state index contributed by atoms with van der Waals surface area (Å²) in [5, 5.41) is 0. The Morgan fingerprint density at radius 3 is 2.03 bits per heavy atom. The molecule has 5 nitrogen and oxygen atoms in total. The van der Waals surface area contributed by atoms with Gasteiger partial charge in [0.05, 0.1) is 6.20 Å². The third-order valence-corrected chi connectivity index (χ3v) is 7.10. The van der Waals surface area contributed by atoms with E-state index >= 15 is 0 Å². The number of hydrogen-bond donors (Lipinski definition) is 0. The summed E-state index contributed by atoms with van der Waals surface area (Å²) in [5.41, 5.74) is 4.42. The monoisotopic (exact) mass is 489 g/mol. The fraction of sp³-hybridized carbons (Fsp3) is 0.250. The van der Waals surface area contributed by atoms with Crippen LogP contribution < -0.4 is 4.90 Å². The maximum atomic E-state index is 13.4. The Labute approximate surface area is 218 Å². The molecule has 1 atom stereocenters. The fourth-order valence-electron chi connectivity index (χ4n) is 5.11. The van der Waals surface area contributed by atoms with Gasteiger partial charge in [-0.15, -0.1) is 12.3 Å². The van der Waals surface area contributed by atoms with Crippen molar-refractivity contribution < 1.29 is 9.21 Å². The Bertz CT molecular complexity index is 1310. The number of amides is 1. The van der Waals surface area contributed by atoms with E-state index in [4.69, 9.17) is 10.8 Å². The SMILES string of the molecule is C#CC(CC(=O)N1CCN(c2ccc(-c3cnc(C)o3)cc2)CC1)C(c1ccccc1)c1ccccc1. The minimum absolute atomic E-state index is 0.0238. The molecule has 0 N–H and O–H groups in total. The number of rotatable bonds is 7. The van der Waals surface area contributed by atoms with Crippen molar-refractivity contribution in [3.63, 3.8) is 0 Å². The van der Waals surface area contributed by atoms with Crippen LogP contribution in [0.15, 0.2) is 95.5 Å². The zero-order chi connectivity index (χ0) is 25.6. The first kappa shape index (κ1) is 24.4. The van der Waals surface area contributed by atoms with Gasteiger partial charge in [-0.2, -0.15) is 0 Å². The maximum Gasteiger partial charge on any atom is 0.223 e. The molecule has 1 unspecified atom stereocenters. The highest BCUT2D eigenvalue weighted by molar-refractivity contribution is 5.77. The number of hydrogen-bond acceptors (Lipinski definition) is 4. The third kappa shape index (κ3) is 5.59. The summed E-state index contributed by atoms with van der Waals surface area (Å²) in [5.74, 6) is 4.26. The smallest absolute Gasteiger partial charge is 0.223 e. The van der Waals surface area contributed by atoms with Crippen molar-refractivity contribution >= 4 is 11.6 Å². The first-order valence-electron chi connectivity index (χ1n) is 12.7. The van der Waals surface area contributed by atoms with Gasteiger partial charge in [-0.05, 0) is 35.4 Å². The number of aromatic nitrogens is 1. The van der Waals surface area contributed by atoms with Crippen LogP contribution in [0.1, 0.15) is 29.4 Å². The van der Waals surface area contributed by atoms with Gasteiger partial charge in [-0.25, -0.2) is 4.98 Å². The Balaban J connectivity index is 1.23. The lowest BCUT2D eigenvalue weighted by Gasteiger charge is -2.37. The zero-order valence-electron chi connectivity index (χ0n) is 21.1. The van der Waals surface area contributed by atoms with Crippen molar-refractivity contribution in [2.75, 3.05) is 31.1 Å². The molecule has 5 rings (SSSR count). The van der Waals surface area contributed by atoms with Gasteiger partial charge in [0.25, 0.3) is 0 Å². The molecule has 1 amide bonds. The molecule has 0 bridgehead atoms. The zero-order valence-corrected chi connectivity index (χ0v) is 21.1. The fourth-order valence-corrected chi connectivity index (χ4v) is 5.11. The van der Waals surface area contributed by atoms with Gasteiger partial charge < -0.3 is 14.2 Å². The second-order valence-electron chi connectivity index (χ2n) is 9.43. The van der Waals surface area contributed by atoms with E-state index < -0.39 is 0 Å². The molecule has 0 aliphatic carbocycles. The van der Waals surface area contributed by atoms with Gasteiger partial charge >= 0.3 is 0 Å². The number of carbonyl (C=O) groups excluding carboxylic acids is 1. The van der Waals surface area contributed by atoms with Crippen molar-refractivity contribution in [3.05, 3.63) is 108 Å². The first-order chi connectivity index (χ1) is 18.1. The van der Waals surface area contributed by atoms with Crippen LogP contribution >= 0.6 is 0 Å². The van der Waals surface area contributed by atoms with Crippen LogP contribution in [0.25, 0.3) is 11.3 Å². The molecule has 186 valence electrons. The van der Waals surface area contributed by atoms with Gasteiger partial charge in [-0.3, -0.25) is 4.79 Å². The molecule has 37 heavy (non-hydrogen) atoms. The number of oxazole rings is 1. The largest absolute Gasteiger partial charge is 0.441 e. The number of piperazine rings is 1. The summed E-state index contributed by atoms with van der Waals surface area (Å²) in [6, 6.07) is 28.8. The molecule has 1 aliphatic rings. The van der Waals surface area contributed by atoms with E-state index in [1.54, 1.807) is 6.20 Å². The number of benzene rings is 3. The van der Waals surface area contributed by atoms with Crippen molar-refractivity contribution in [3.8, 4) is 23.7 Å². The van der Waals surface area contributed by atoms with E-state index in [1.165, 1.54) is 0 Å². The summed E-state index contributed by atoms with van der Waals surface area (Å²) in [4.78, 5) is 21.8. The maximum absolute atomic E-state index is 13.4. The molecule has 1 aromatic heterocycles. The lowest BCUT2D eigenvalue weighted by molar-refractivity contribution is -0.132. The van der Waals surface area contributed by atoms with Crippen LogP contribution in [0.4, 0.5) is 5.69 Å². The number of anilines is 1. The molecule has 2 heterocycles. The highest BCUT2D eigenvalue weighted by atomic mass is 16.4. The molecule has 5 heteroatoms. The minimum Gasteiger partial charge on any atom is -0.441 e. The Hall–Kier alpha value is -4.30. The minimum atomic E-state index is -0.220. The molecule has 4 aromatic rings. The summed E-state index contributed by atoms with van der Waals surface area (Å²) in [6.45, 7) is 4.77. The predicted octanol–water partition coefficient (Wildman–Crippen LogP) is 5.77. The molecule has 0 saturated carbocycles. The van der Waals surface area contributed by atoms with E-state index in [1.807, 2.05) is 48.2 Å². The Kier molecular flexibility index (Phi) is 7.37. The van der Waals surface area contributed by atoms with Crippen molar-refractivity contribution in [1.82, 2.24) is 9.88 Å². The van der Waals surface area contributed by atoms with Gasteiger partial charge in [-0.1, -0.05) is 60.7 Å². The number of aryl methyl sites for hydroxylation is 1. The molecule has 0 spiro atoms. The van der Waals surface area contributed by atoms with Crippen LogP contribution in [-0.2, 0) is 4.79 Å². The van der Waals surface area contributed by atoms with E-state index in [9.17, 15) is 4.79 Å². The molecule has 0 radical (unpaired) electrons. The van der Waals surface area contributed by atoms with Crippen LogP contribution in [0.3, 0.4) is 0 Å². The van der Waals surface area contributed by atoms with Crippen LogP contribution in [-0.4, -0.2) is 42.0 Å². The number of nitrogens with zero attached hydrogens (tertiary/aromatic N) is 3. The lowest BCUT2D eigenvalue weighted by Crippen LogP contribution is -2.49. The highest BCUT2D eigenvalue weighted by Gasteiger charge is 2.29. The van der Waals surface area contributed by atoms with E-state index in [2.05, 4.69) is 64.3 Å². The van der Waals surface area contributed by atoms with Gasteiger partial charge in [0, 0.05) is 62.6 Å². The van der Waals surface area contributed by atoms with Crippen LogP contribution in [0.2, 0.25) is 0 Å². The highest BCUT2D eigenvalue weighted by Crippen LogP contribution is 2.34. The van der Waals surface area contributed by atoms with Crippen LogP contribution in [0, 0.1) is 25.2 Å². The molecule has 3 aromatic carbocycles. The normalized spacial score (nSPS) is 14.4. The summed E-state index contributed by atoms with van der Waals surface area (Å²) >= 11 is 0. The van der Waals surface area contributed by atoms with E-state index in [0.717, 1.165) is 41.2 Å². The van der Waals surface area contributed by atoms with Gasteiger partial charge in [0.2, 0.25) is 5.91 Å². The standard InChI is InChI=1S/C32H31N3O2/c1-3-25(32(27-10-6-4-7-11-27)28-12-8-5-9-13-28)22-31(36)35-20-18-34(19-21-35)29-16-14-26(15-17-29)30-23-33-24(2)37-30/h1,4-17,23,25,32H,18-22H2,2H3. The number of carbonyl (C=O) groups is 1. The Morgan fingerprint density at radius 1 is 0.919 bits per heavy atom.